The number of fused-ring (bicyclic) bond motifs is 1. The number of aliphatic hydroxyl groups is 1. The molecule has 0 aromatic heterocycles. The van der Waals surface area contributed by atoms with Crippen molar-refractivity contribution in [3.05, 3.63) is 53.6 Å². The van der Waals surface area contributed by atoms with Crippen LogP contribution >= 0.6 is 0 Å². The van der Waals surface area contributed by atoms with E-state index in [9.17, 15) is 32.7 Å². The van der Waals surface area contributed by atoms with Gasteiger partial charge in [0.05, 0.1) is 36.0 Å². The van der Waals surface area contributed by atoms with Gasteiger partial charge in [-0.05, 0) is 57.2 Å². The standard InChI is InChI=1S/C28H36F3N5O5/c1-16(2)32-27(40)35(5)14-23-17(3)13-36(18(4)15-37)25(38)21-7-6-8-22(24(21)41-23)34-26(39)33-20-11-9-19(10-12-20)28(29,30)31/h6-12,16-18,23,37H,13-15H2,1-5H3,(H,32,40)(H2,33,34,39)/t17-,18-,23+/m1/s1. The fourth-order valence-corrected chi connectivity index (χ4v) is 4.30. The molecule has 0 unspecified atom stereocenters. The zero-order chi connectivity index (χ0) is 30.5. The summed E-state index contributed by atoms with van der Waals surface area (Å²) in [5.74, 6) is -0.626. The molecule has 224 valence electrons. The number of likely N-dealkylation sites (N-methyl/N-ethyl adjacent to an activating group) is 1. The Morgan fingerprint density at radius 1 is 1.12 bits per heavy atom. The summed E-state index contributed by atoms with van der Waals surface area (Å²) in [6.07, 6.45) is -5.12. The molecule has 1 aliphatic heterocycles. The van der Waals surface area contributed by atoms with Gasteiger partial charge in [-0.2, -0.15) is 13.2 Å². The van der Waals surface area contributed by atoms with Crippen molar-refractivity contribution in [2.45, 2.75) is 52.1 Å². The van der Waals surface area contributed by atoms with Crippen LogP contribution in [-0.2, 0) is 6.18 Å². The first-order chi connectivity index (χ1) is 19.2. The number of hydrogen-bond acceptors (Lipinski definition) is 5. The number of nitrogens with one attached hydrogen (secondary N) is 3. The van der Waals surface area contributed by atoms with Gasteiger partial charge in [-0.1, -0.05) is 13.0 Å². The van der Waals surface area contributed by atoms with Crippen molar-refractivity contribution in [2.24, 2.45) is 5.92 Å². The molecule has 0 bridgehead atoms. The van der Waals surface area contributed by atoms with Gasteiger partial charge in [0.25, 0.3) is 5.91 Å². The molecule has 3 atom stereocenters. The molecule has 0 fully saturated rings. The van der Waals surface area contributed by atoms with Crippen LogP contribution in [0.15, 0.2) is 42.5 Å². The van der Waals surface area contributed by atoms with Crippen LogP contribution in [0.3, 0.4) is 0 Å². The van der Waals surface area contributed by atoms with E-state index in [0.717, 1.165) is 24.3 Å². The lowest BCUT2D eigenvalue weighted by Gasteiger charge is -2.38. The van der Waals surface area contributed by atoms with Gasteiger partial charge in [-0.3, -0.25) is 4.79 Å². The van der Waals surface area contributed by atoms with Crippen LogP contribution in [-0.4, -0.2) is 77.8 Å². The summed E-state index contributed by atoms with van der Waals surface area (Å²) in [7, 11) is 1.62. The highest BCUT2D eigenvalue weighted by Crippen LogP contribution is 2.35. The van der Waals surface area contributed by atoms with Gasteiger partial charge in [0.15, 0.2) is 5.75 Å². The van der Waals surface area contributed by atoms with Crippen molar-refractivity contribution in [3.63, 3.8) is 0 Å². The zero-order valence-corrected chi connectivity index (χ0v) is 23.6. The second-order valence-electron chi connectivity index (χ2n) is 10.4. The van der Waals surface area contributed by atoms with E-state index in [2.05, 4.69) is 16.0 Å². The highest BCUT2D eigenvalue weighted by atomic mass is 19.4. The molecule has 10 nitrogen and oxygen atoms in total. The zero-order valence-electron chi connectivity index (χ0n) is 23.6. The van der Waals surface area contributed by atoms with Gasteiger partial charge in [0.2, 0.25) is 0 Å². The lowest BCUT2D eigenvalue weighted by Crippen LogP contribution is -2.51. The van der Waals surface area contributed by atoms with Gasteiger partial charge >= 0.3 is 18.2 Å². The molecular weight excluding hydrogens is 543 g/mol. The second kappa shape index (κ2) is 13.1. The molecule has 1 heterocycles. The monoisotopic (exact) mass is 579 g/mol. The minimum Gasteiger partial charge on any atom is -0.485 e. The predicted molar refractivity (Wildman–Crippen MR) is 148 cm³/mol. The van der Waals surface area contributed by atoms with E-state index in [-0.39, 0.29) is 60.4 Å². The normalized spacial score (nSPS) is 18.0. The summed E-state index contributed by atoms with van der Waals surface area (Å²) in [5.41, 5.74) is -0.443. The number of anilines is 2. The molecule has 13 heteroatoms. The summed E-state index contributed by atoms with van der Waals surface area (Å²) in [6.45, 7) is 7.38. The van der Waals surface area contributed by atoms with Crippen molar-refractivity contribution in [3.8, 4) is 5.75 Å². The van der Waals surface area contributed by atoms with Gasteiger partial charge < -0.3 is 35.6 Å². The van der Waals surface area contributed by atoms with Crippen LogP contribution in [0, 0.1) is 5.92 Å². The van der Waals surface area contributed by atoms with Gasteiger partial charge in [0.1, 0.15) is 6.10 Å². The van der Waals surface area contributed by atoms with Crippen molar-refractivity contribution in [1.82, 2.24) is 15.1 Å². The van der Waals surface area contributed by atoms with E-state index < -0.39 is 35.8 Å². The summed E-state index contributed by atoms with van der Waals surface area (Å²) in [4.78, 5) is 42.0. The third-order valence-corrected chi connectivity index (χ3v) is 6.62. The lowest BCUT2D eigenvalue weighted by atomic mass is 9.99. The number of halogens is 3. The minimum absolute atomic E-state index is 0.0735. The average Bonchev–Trinajstić information content (AvgIpc) is 2.89. The second-order valence-corrected chi connectivity index (χ2v) is 10.4. The number of carbonyl (C=O) groups is 3. The number of rotatable bonds is 7. The summed E-state index contributed by atoms with van der Waals surface area (Å²) < 4.78 is 45.0. The van der Waals surface area contributed by atoms with Crippen LogP contribution in [0.5, 0.6) is 5.75 Å². The number of amides is 5. The summed E-state index contributed by atoms with van der Waals surface area (Å²) in [5, 5.41) is 17.7. The first kappa shape index (κ1) is 31.5. The highest BCUT2D eigenvalue weighted by Gasteiger charge is 2.35. The van der Waals surface area contributed by atoms with E-state index in [1.807, 2.05) is 20.8 Å². The van der Waals surface area contributed by atoms with Crippen molar-refractivity contribution < 1.29 is 37.4 Å². The first-order valence-corrected chi connectivity index (χ1v) is 13.2. The van der Waals surface area contributed by atoms with Crippen LogP contribution in [0.4, 0.5) is 34.1 Å². The van der Waals surface area contributed by atoms with Gasteiger partial charge in [-0.25, -0.2) is 9.59 Å². The molecule has 41 heavy (non-hydrogen) atoms. The quantitative estimate of drug-likeness (QED) is 0.381. The molecule has 0 saturated heterocycles. The Morgan fingerprint density at radius 3 is 2.37 bits per heavy atom. The third kappa shape index (κ3) is 8.03. The van der Waals surface area contributed by atoms with Gasteiger partial charge in [0, 0.05) is 31.2 Å². The predicted octanol–water partition coefficient (Wildman–Crippen LogP) is 4.62. The van der Waals surface area contributed by atoms with Crippen LogP contribution in [0.25, 0.3) is 0 Å². The van der Waals surface area contributed by atoms with Crippen LogP contribution in [0.2, 0.25) is 0 Å². The molecule has 3 rings (SSSR count). The highest BCUT2D eigenvalue weighted by molar-refractivity contribution is 6.04. The molecule has 0 aliphatic carbocycles. The van der Waals surface area contributed by atoms with E-state index >= 15 is 0 Å². The number of para-hydroxylation sites is 1. The number of nitrogens with zero attached hydrogens (tertiary/aromatic N) is 2. The fourth-order valence-electron chi connectivity index (χ4n) is 4.30. The maximum absolute atomic E-state index is 13.6. The summed E-state index contributed by atoms with van der Waals surface area (Å²) >= 11 is 0. The van der Waals surface area contributed by atoms with Crippen molar-refractivity contribution in [2.75, 3.05) is 37.4 Å². The van der Waals surface area contributed by atoms with Crippen molar-refractivity contribution >= 4 is 29.3 Å². The molecule has 4 N–H and O–H groups in total. The fraction of sp³-hybridized carbons (Fsp3) is 0.464. The number of hydrogen-bond donors (Lipinski definition) is 4. The van der Waals surface area contributed by atoms with Crippen molar-refractivity contribution in [1.29, 1.82) is 0 Å². The minimum atomic E-state index is -4.51. The van der Waals surface area contributed by atoms with Crippen LogP contribution < -0.4 is 20.7 Å². The topological polar surface area (TPSA) is 123 Å². The molecule has 1 aliphatic rings. The largest absolute Gasteiger partial charge is 0.485 e. The SMILES string of the molecule is CC(C)NC(=O)N(C)C[C@@H]1Oc2c(NC(=O)Nc3ccc(C(F)(F)F)cc3)cccc2C(=O)N([C@H](C)CO)C[C@H]1C. The Kier molecular flexibility index (Phi) is 10.1. The molecule has 2 aromatic rings. The van der Waals surface area contributed by atoms with E-state index in [1.165, 1.54) is 21.9 Å². The molecule has 0 radical (unpaired) electrons. The Hall–Kier alpha value is -4.00. The number of benzene rings is 2. The molecule has 2 aromatic carbocycles. The number of aliphatic hydroxyl groups excluding tert-OH is 1. The van der Waals surface area contributed by atoms with Crippen LogP contribution in [0.1, 0.15) is 43.6 Å². The number of carbonyl (C=O) groups excluding carboxylic acids is 3. The maximum Gasteiger partial charge on any atom is 0.416 e. The number of ether oxygens (including phenoxy) is 1. The Bertz CT molecular complexity index is 1240. The molecule has 0 saturated carbocycles. The summed E-state index contributed by atoms with van der Waals surface area (Å²) in [6, 6.07) is 6.90. The maximum atomic E-state index is 13.6. The van der Waals surface area contributed by atoms with E-state index in [0.29, 0.717) is 0 Å². The molecule has 5 amide bonds. The first-order valence-electron chi connectivity index (χ1n) is 13.2. The number of alkyl halides is 3. The third-order valence-electron chi connectivity index (χ3n) is 6.62. The average molecular weight is 580 g/mol. The Balaban J connectivity index is 1.92. The smallest absolute Gasteiger partial charge is 0.416 e. The Morgan fingerprint density at radius 2 is 1.78 bits per heavy atom. The van der Waals surface area contributed by atoms with Gasteiger partial charge in [-0.15, -0.1) is 0 Å². The Labute approximate surface area is 236 Å². The molecule has 0 spiro atoms. The number of urea groups is 2. The molecular formula is C28H36F3N5O5. The van der Waals surface area contributed by atoms with E-state index in [1.54, 1.807) is 20.0 Å². The lowest BCUT2D eigenvalue weighted by molar-refractivity contribution is -0.137. The van der Waals surface area contributed by atoms with E-state index in [4.69, 9.17) is 4.74 Å².